The smallest absolute Gasteiger partial charge is 0.335 e. The molecule has 1 saturated carbocycles. The number of carbonyl (C=O) groups is 1. The Balaban J connectivity index is 2.36. The van der Waals surface area contributed by atoms with Crippen LogP contribution in [0.15, 0.2) is 18.2 Å². The van der Waals surface area contributed by atoms with Gasteiger partial charge < -0.3 is 5.11 Å². The summed E-state index contributed by atoms with van der Waals surface area (Å²) in [6.45, 7) is 0. The highest BCUT2D eigenvalue weighted by Crippen LogP contribution is 2.35. The van der Waals surface area contributed by atoms with Gasteiger partial charge in [-0.2, -0.15) is 0 Å². The van der Waals surface area contributed by atoms with Crippen LogP contribution >= 0.6 is 11.6 Å². The molecular formula is C13H15ClO2. The van der Waals surface area contributed by atoms with Gasteiger partial charge in [-0.25, -0.2) is 4.79 Å². The zero-order chi connectivity index (χ0) is 11.5. The van der Waals surface area contributed by atoms with Gasteiger partial charge in [0, 0.05) is 5.02 Å². The molecule has 0 heterocycles. The summed E-state index contributed by atoms with van der Waals surface area (Å²) in [5, 5.41) is 9.77. The molecule has 1 aliphatic carbocycles. The van der Waals surface area contributed by atoms with Crippen LogP contribution in [0.2, 0.25) is 5.02 Å². The first kappa shape index (κ1) is 11.5. The van der Waals surface area contributed by atoms with Gasteiger partial charge in [-0.1, -0.05) is 30.9 Å². The molecule has 0 saturated heterocycles. The number of hydrogen-bond donors (Lipinski definition) is 1. The number of rotatable bonds is 2. The molecule has 1 aromatic carbocycles. The number of carboxylic acid groups (broad SMARTS) is 1. The third kappa shape index (κ3) is 2.38. The van der Waals surface area contributed by atoms with E-state index in [2.05, 4.69) is 0 Å². The molecule has 0 atom stereocenters. The Morgan fingerprint density at radius 3 is 2.56 bits per heavy atom. The van der Waals surface area contributed by atoms with Gasteiger partial charge in [0.05, 0.1) is 5.56 Å². The summed E-state index contributed by atoms with van der Waals surface area (Å²) in [6, 6.07) is 5.09. The fourth-order valence-electron chi connectivity index (χ4n) is 2.48. The van der Waals surface area contributed by atoms with Crippen molar-refractivity contribution in [3.63, 3.8) is 0 Å². The second-order valence-electron chi connectivity index (χ2n) is 4.37. The van der Waals surface area contributed by atoms with E-state index in [9.17, 15) is 4.79 Å². The van der Waals surface area contributed by atoms with E-state index < -0.39 is 5.97 Å². The van der Waals surface area contributed by atoms with Crippen LogP contribution in [0, 0.1) is 0 Å². The average Bonchev–Trinajstić information content (AvgIpc) is 2.29. The van der Waals surface area contributed by atoms with Gasteiger partial charge in [0.15, 0.2) is 0 Å². The number of halogens is 1. The molecule has 1 aliphatic rings. The van der Waals surface area contributed by atoms with Gasteiger partial charge in [0.2, 0.25) is 0 Å². The summed E-state index contributed by atoms with van der Waals surface area (Å²) in [6.07, 6.45) is 5.81. The molecule has 0 aliphatic heterocycles. The summed E-state index contributed by atoms with van der Waals surface area (Å²) in [5.41, 5.74) is 1.33. The highest BCUT2D eigenvalue weighted by Gasteiger charge is 2.21. The fraction of sp³-hybridized carbons (Fsp3) is 0.462. The lowest BCUT2D eigenvalue weighted by atomic mass is 9.82. The number of benzene rings is 1. The Morgan fingerprint density at radius 2 is 1.94 bits per heavy atom. The Bertz CT molecular complexity index is 395. The first-order valence-corrected chi connectivity index (χ1v) is 6.09. The predicted octanol–water partition coefficient (Wildman–Crippen LogP) is 4.09. The normalized spacial score (nSPS) is 17.3. The lowest BCUT2D eigenvalue weighted by molar-refractivity contribution is 0.0695. The number of carboxylic acids is 1. The van der Waals surface area contributed by atoms with E-state index in [0.717, 1.165) is 18.4 Å². The Hall–Kier alpha value is -1.02. The Labute approximate surface area is 100 Å². The molecule has 0 radical (unpaired) electrons. The van der Waals surface area contributed by atoms with Gasteiger partial charge in [0.25, 0.3) is 0 Å². The fourth-order valence-corrected chi connectivity index (χ4v) is 2.66. The SMILES string of the molecule is O=C(O)c1ccc(Cl)cc1C1CCCCC1. The lowest BCUT2D eigenvalue weighted by Gasteiger charge is -2.23. The first-order chi connectivity index (χ1) is 7.68. The summed E-state index contributed by atoms with van der Waals surface area (Å²) >= 11 is 5.95. The minimum atomic E-state index is -0.850. The summed E-state index contributed by atoms with van der Waals surface area (Å²) in [7, 11) is 0. The van der Waals surface area contributed by atoms with Crippen LogP contribution in [0.3, 0.4) is 0 Å². The van der Waals surface area contributed by atoms with E-state index in [4.69, 9.17) is 16.7 Å². The topological polar surface area (TPSA) is 37.3 Å². The van der Waals surface area contributed by atoms with Crippen LogP contribution in [0.1, 0.15) is 53.9 Å². The van der Waals surface area contributed by atoms with Crippen LogP contribution in [-0.4, -0.2) is 11.1 Å². The average molecular weight is 239 g/mol. The number of aromatic carboxylic acids is 1. The second kappa shape index (κ2) is 4.88. The molecule has 0 amide bonds. The van der Waals surface area contributed by atoms with Crippen molar-refractivity contribution in [1.82, 2.24) is 0 Å². The van der Waals surface area contributed by atoms with Gasteiger partial charge >= 0.3 is 5.97 Å². The number of hydrogen-bond acceptors (Lipinski definition) is 1. The third-order valence-electron chi connectivity index (χ3n) is 3.29. The molecule has 3 heteroatoms. The molecule has 16 heavy (non-hydrogen) atoms. The van der Waals surface area contributed by atoms with Crippen LogP contribution in [0.4, 0.5) is 0 Å². The van der Waals surface area contributed by atoms with Gasteiger partial charge in [-0.15, -0.1) is 0 Å². The molecule has 1 N–H and O–H groups in total. The molecule has 0 aromatic heterocycles. The standard InChI is InChI=1S/C13H15ClO2/c14-10-6-7-11(13(15)16)12(8-10)9-4-2-1-3-5-9/h6-9H,1-5H2,(H,15,16). The van der Waals surface area contributed by atoms with Crippen molar-refractivity contribution in [2.75, 3.05) is 0 Å². The minimum absolute atomic E-state index is 0.374. The van der Waals surface area contributed by atoms with Crippen molar-refractivity contribution in [3.05, 3.63) is 34.3 Å². The van der Waals surface area contributed by atoms with E-state index in [0.29, 0.717) is 16.5 Å². The van der Waals surface area contributed by atoms with Crippen LogP contribution < -0.4 is 0 Å². The van der Waals surface area contributed by atoms with Gasteiger partial charge in [0.1, 0.15) is 0 Å². The zero-order valence-electron chi connectivity index (χ0n) is 9.08. The van der Waals surface area contributed by atoms with Crippen molar-refractivity contribution in [1.29, 1.82) is 0 Å². The molecule has 0 unspecified atom stereocenters. The molecule has 1 fully saturated rings. The summed E-state index contributed by atoms with van der Waals surface area (Å²) in [4.78, 5) is 11.1. The molecule has 2 nitrogen and oxygen atoms in total. The molecular weight excluding hydrogens is 224 g/mol. The first-order valence-electron chi connectivity index (χ1n) is 5.71. The van der Waals surface area contributed by atoms with Gasteiger partial charge in [-0.3, -0.25) is 0 Å². The van der Waals surface area contributed by atoms with Crippen LogP contribution in [0.5, 0.6) is 0 Å². The molecule has 1 aromatic rings. The Kier molecular flexibility index (Phi) is 3.49. The van der Waals surface area contributed by atoms with Crippen molar-refractivity contribution in [2.45, 2.75) is 38.0 Å². The maximum atomic E-state index is 11.1. The maximum Gasteiger partial charge on any atom is 0.335 e. The third-order valence-corrected chi connectivity index (χ3v) is 3.52. The largest absolute Gasteiger partial charge is 0.478 e. The van der Waals surface area contributed by atoms with E-state index in [-0.39, 0.29) is 0 Å². The summed E-state index contributed by atoms with van der Waals surface area (Å²) < 4.78 is 0. The lowest BCUT2D eigenvalue weighted by Crippen LogP contribution is -2.10. The van der Waals surface area contributed by atoms with E-state index in [1.54, 1.807) is 12.1 Å². The molecule has 2 rings (SSSR count). The molecule has 0 spiro atoms. The van der Waals surface area contributed by atoms with E-state index in [1.165, 1.54) is 19.3 Å². The van der Waals surface area contributed by atoms with Crippen molar-refractivity contribution in [3.8, 4) is 0 Å². The molecule has 86 valence electrons. The van der Waals surface area contributed by atoms with Crippen LogP contribution in [0.25, 0.3) is 0 Å². The monoisotopic (exact) mass is 238 g/mol. The van der Waals surface area contributed by atoms with Crippen molar-refractivity contribution < 1.29 is 9.90 Å². The van der Waals surface area contributed by atoms with Crippen molar-refractivity contribution >= 4 is 17.6 Å². The maximum absolute atomic E-state index is 11.1. The highest BCUT2D eigenvalue weighted by atomic mass is 35.5. The molecule has 0 bridgehead atoms. The van der Waals surface area contributed by atoms with Crippen LogP contribution in [-0.2, 0) is 0 Å². The second-order valence-corrected chi connectivity index (χ2v) is 4.81. The quantitative estimate of drug-likeness (QED) is 0.843. The van der Waals surface area contributed by atoms with E-state index in [1.807, 2.05) is 6.07 Å². The summed E-state index contributed by atoms with van der Waals surface area (Å²) in [5.74, 6) is -0.476. The predicted molar refractivity (Wildman–Crippen MR) is 64.2 cm³/mol. The minimum Gasteiger partial charge on any atom is -0.478 e. The highest BCUT2D eigenvalue weighted by molar-refractivity contribution is 6.30. The van der Waals surface area contributed by atoms with Gasteiger partial charge in [-0.05, 0) is 42.5 Å². The zero-order valence-corrected chi connectivity index (χ0v) is 9.83. The van der Waals surface area contributed by atoms with Crippen molar-refractivity contribution in [2.24, 2.45) is 0 Å². The van der Waals surface area contributed by atoms with E-state index >= 15 is 0 Å². The Morgan fingerprint density at radius 1 is 1.25 bits per heavy atom.